The second kappa shape index (κ2) is 8.98. The van der Waals surface area contributed by atoms with Crippen LogP contribution >= 0.6 is 11.6 Å². The summed E-state index contributed by atoms with van der Waals surface area (Å²) in [5, 5.41) is 6.66. The molecule has 3 aliphatic rings. The fourth-order valence-corrected chi connectivity index (χ4v) is 6.17. The second-order valence-electron chi connectivity index (χ2n) is 9.09. The van der Waals surface area contributed by atoms with Gasteiger partial charge in [-0.15, -0.1) is 0 Å². The number of anilines is 2. The maximum Gasteiger partial charge on any atom is 0.406 e. The van der Waals surface area contributed by atoms with Crippen molar-refractivity contribution in [2.24, 2.45) is 0 Å². The molecular formula is C23H28ClN5O4S. The number of hydrogen-bond acceptors (Lipinski definition) is 8. The van der Waals surface area contributed by atoms with E-state index in [0.717, 1.165) is 30.5 Å². The normalized spacial score (nSPS) is 21.7. The minimum absolute atomic E-state index is 0.223. The molecule has 1 amide bonds. The number of hydrogen-bond donors (Lipinski definition) is 2. The van der Waals surface area contributed by atoms with E-state index in [4.69, 9.17) is 31.0 Å². The van der Waals surface area contributed by atoms with Gasteiger partial charge in [0.15, 0.2) is 0 Å². The lowest BCUT2D eigenvalue weighted by Crippen LogP contribution is -2.61. The van der Waals surface area contributed by atoms with Crippen LogP contribution in [-0.2, 0) is 32.3 Å². The zero-order valence-corrected chi connectivity index (χ0v) is 20.8. The van der Waals surface area contributed by atoms with Gasteiger partial charge in [0, 0.05) is 31.4 Å². The van der Waals surface area contributed by atoms with Crippen LogP contribution in [0.3, 0.4) is 0 Å². The SMILES string of the molecule is CNC(=O)OCC1(Nc2nc(N3CC(OC)(c4ccc(Cl)cc4)C3)nc3c2S(=O)CC3)CCC1. The Hall–Kier alpha value is -2.43. The van der Waals surface area contributed by atoms with Crippen molar-refractivity contribution < 1.29 is 18.5 Å². The van der Waals surface area contributed by atoms with Crippen LogP contribution in [0.5, 0.6) is 0 Å². The molecule has 2 aliphatic heterocycles. The maximum atomic E-state index is 12.8. The molecule has 2 N–H and O–H groups in total. The van der Waals surface area contributed by atoms with Gasteiger partial charge in [0.1, 0.15) is 22.9 Å². The topological polar surface area (TPSA) is 106 Å². The van der Waals surface area contributed by atoms with Gasteiger partial charge in [0.25, 0.3) is 0 Å². The predicted molar refractivity (Wildman–Crippen MR) is 130 cm³/mol. The molecule has 1 aliphatic carbocycles. The van der Waals surface area contributed by atoms with Crippen LogP contribution in [0.15, 0.2) is 29.2 Å². The summed E-state index contributed by atoms with van der Waals surface area (Å²) in [6.45, 7) is 1.41. The van der Waals surface area contributed by atoms with E-state index in [-0.39, 0.29) is 6.61 Å². The van der Waals surface area contributed by atoms with Crippen molar-refractivity contribution in [3.8, 4) is 0 Å². The van der Waals surface area contributed by atoms with Crippen molar-refractivity contribution >= 4 is 40.3 Å². The Balaban J connectivity index is 1.40. The first-order valence-corrected chi connectivity index (χ1v) is 13.0. The lowest BCUT2D eigenvalue weighted by atomic mass is 9.77. The number of halogens is 1. The largest absolute Gasteiger partial charge is 0.447 e. The van der Waals surface area contributed by atoms with Crippen molar-refractivity contribution in [1.29, 1.82) is 0 Å². The number of alkyl carbamates (subject to hydrolysis) is 1. The van der Waals surface area contributed by atoms with Crippen molar-refractivity contribution in [3.05, 3.63) is 40.5 Å². The number of nitrogens with zero attached hydrogens (tertiary/aromatic N) is 3. The molecule has 0 bridgehead atoms. The lowest BCUT2D eigenvalue weighted by Gasteiger charge is -2.49. The Kier molecular flexibility index (Phi) is 6.16. The van der Waals surface area contributed by atoms with Gasteiger partial charge in [-0.25, -0.2) is 9.78 Å². The quantitative estimate of drug-likeness (QED) is 0.591. The van der Waals surface area contributed by atoms with E-state index >= 15 is 0 Å². The highest BCUT2D eigenvalue weighted by molar-refractivity contribution is 7.85. The van der Waals surface area contributed by atoms with Gasteiger partial charge in [0.2, 0.25) is 5.95 Å². The summed E-state index contributed by atoms with van der Waals surface area (Å²) < 4.78 is 24.0. The smallest absolute Gasteiger partial charge is 0.406 e. The molecule has 1 saturated carbocycles. The molecule has 0 radical (unpaired) electrons. The number of benzene rings is 1. The summed E-state index contributed by atoms with van der Waals surface area (Å²) in [4.78, 5) is 24.0. The highest BCUT2D eigenvalue weighted by Crippen LogP contribution is 2.41. The molecule has 1 saturated heterocycles. The van der Waals surface area contributed by atoms with Crippen molar-refractivity contribution in [3.63, 3.8) is 0 Å². The third kappa shape index (κ3) is 4.12. The van der Waals surface area contributed by atoms with E-state index in [0.29, 0.717) is 46.9 Å². The molecule has 2 aromatic rings. The number of rotatable bonds is 7. The lowest BCUT2D eigenvalue weighted by molar-refractivity contribution is -0.0390. The van der Waals surface area contributed by atoms with Gasteiger partial charge in [0.05, 0.1) is 35.1 Å². The van der Waals surface area contributed by atoms with E-state index in [9.17, 15) is 9.00 Å². The summed E-state index contributed by atoms with van der Waals surface area (Å²) in [5.41, 5.74) is 0.998. The van der Waals surface area contributed by atoms with Crippen molar-refractivity contribution in [1.82, 2.24) is 15.3 Å². The van der Waals surface area contributed by atoms with Crippen molar-refractivity contribution in [2.45, 2.75) is 41.7 Å². The Labute approximate surface area is 206 Å². The zero-order valence-electron chi connectivity index (χ0n) is 19.2. The summed E-state index contributed by atoms with van der Waals surface area (Å²) in [6, 6.07) is 7.69. The first-order chi connectivity index (χ1) is 16.4. The molecule has 1 unspecified atom stereocenters. The minimum atomic E-state index is -1.15. The number of aryl methyl sites for hydroxylation is 1. The average Bonchev–Trinajstić information content (AvgIpc) is 3.16. The van der Waals surface area contributed by atoms with E-state index < -0.39 is 28.0 Å². The standard InChI is InChI=1S/C23H28ClN5O4S/c1-25-21(30)33-14-22(9-3-10-22)28-19-18-17(8-11-34(18)31)26-20(27-19)29-12-23(13-29,32-2)15-4-6-16(24)7-5-15/h4-7H,3,8-14H2,1-2H3,(H,25,30)(H,26,27,28). The van der Waals surface area contributed by atoms with Crippen molar-refractivity contribution in [2.75, 3.05) is 49.8 Å². The molecule has 1 aromatic heterocycles. The number of nitrogens with one attached hydrogen (secondary N) is 2. The highest BCUT2D eigenvalue weighted by Gasteiger charge is 2.47. The third-order valence-corrected chi connectivity index (χ3v) is 8.70. The fourth-order valence-electron chi connectivity index (χ4n) is 4.74. The van der Waals surface area contributed by atoms with Gasteiger partial charge in [-0.1, -0.05) is 23.7 Å². The Morgan fingerprint density at radius 3 is 2.59 bits per heavy atom. The van der Waals surface area contributed by atoms with E-state index in [1.54, 1.807) is 7.11 Å². The summed E-state index contributed by atoms with van der Waals surface area (Å²) >= 11 is 6.06. The number of fused-ring (bicyclic) bond motifs is 1. The van der Waals surface area contributed by atoms with Crippen LogP contribution in [0.25, 0.3) is 0 Å². The van der Waals surface area contributed by atoms with Gasteiger partial charge in [-0.3, -0.25) is 4.21 Å². The summed E-state index contributed by atoms with van der Waals surface area (Å²) in [6.07, 6.45) is 2.89. The monoisotopic (exact) mass is 505 g/mol. The maximum absolute atomic E-state index is 12.8. The Morgan fingerprint density at radius 1 is 1.24 bits per heavy atom. The molecule has 182 valence electrons. The molecule has 9 nitrogen and oxygen atoms in total. The highest BCUT2D eigenvalue weighted by atomic mass is 35.5. The Morgan fingerprint density at radius 2 is 1.97 bits per heavy atom. The number of carbonyl (C=O) groups excluding carboxylic acids is 1. The van der Waals surface area contributed by atoms with E-state index in [1.165, 1.54) is 7.05 Å². The molecule has 11 heteroatoms. The van der Waals surface area contributed by atoms with Gasteiger partial charge in [-0.05, 0) is 37.0 Å². The van der Waals surface area contributed by atoms with E-state index in [1.807, 2.05) is 24.3 Å². The first kappa shape index (κ1) is 23.3. The molecule has 1 aromatic carbocycles. The average molecular weight is 506 g/mol. The second-order valence-corrected chi connectivity index (χ2v) is 11.0. The van der Waals surface area contributed by atoms with Gasteiger partial charge < -0.3 is 25.0 Å². The zero-order chi connectivity index (χ0) is 23.9. The molecule has 34 heavy (non-hydrogen) atoms. The Bertz CT molecular complexity index is 1120. The molecule has 3 heterocycles. The summed E-state index contributed by atoms with van der Waals surface area (Å²) in [7, 11) is 2.09. The van der Waals surface area contributed by atoms with E-state index in [2.05, 4.69) is 15.5 Å². The number of aromatic nitrogens is 2. The number of carbonyl (C=O) groups is 1. The molecule has 0 spiro atoms. The van der Waals surface area contributed by atoms with Gasteiger partial charge in [-0.2, -0.15) is 4.98 Å². The number of amides is 1. The van der Waals surface area contributed by atoms with Crippen LogP contribution in [-0.4, -0.2) is 65.4 Å². The van der Waals surface area contributed by atoms with Crippen LogP contribution < -0.4 is 15.5 Å². The van der Waals surface area contributed by atoms with Crippen LogP contribution in [0.2, 0.25) is 5.02 Å². The molecule has 2 fully saturated rings. The minimum Gasteiger partial charge on any atom is -0.447 e. The first-order valence-electron chi connectivity index (χ1n) is 11.4. The molecular weight excluding hydrogens is 478 g/mol. The van der Waals surface area contributed by atoms with Gasteiger partial charge >= 0.3 is 6.09 Å². The predicted octanol–water partition coefficient (Wildman–Crippen LogP) is 2.85. The summed E-state index contributed by atoms with van der Waals surface area (Å²) in [5.74, 6) is 1.71. The third-order valence-electron chi connectivity index (χ3n) is 6.99. The van der Waals surface area contributed by atoms with Crippen LogP contribution in [0.1, 0.15) is 30.5 Å². The number of ether oxygens (including phenoxy) is 2. The molecule has 1 atom stereocenters. The van der Waals surface area contributed by atoms with Crippen LogP contribution in [0, 0.1) is 0 Å². The fraction of sp³-hybridized carbons (Fsp3) is 0.522. The molecule has 5 rings (SSSR count). The number of methoxy groups -OCH3 is 1. The van der Waals surface area contributed by atoms with Crippen LogP contribution in [0.4, 0.5) is 16.6 Å².